The minimum absolute atomic E-state index is 0.721. The molecule has 0 radical (unpaired) electrons. The number of benzene rings is 2. The first-order valence-electron chi connectivity index (χ1n) is 5.45. The predicted octanol–water partition coefficient (Wildman–Crippen LogP) is 4.19. The standard InChI is InChI=1S/C14H11ClN2/c1-9-5-6-12-13(7-9)17-14(16-12)10-3-2-4-11(15)8-10/h2-8H,1H3,(H,16,17). The molecule has 0 bridgehead atoms. The third-order valence-corrected chi connectivity index (χ3v) is 2.97. The van der Waals surface area contributed by atoms with E-state index in [0.717, 1.165) is 27.4 Å². The molecule has 0 fully saturated rings. The molecule has 84 valence electrons. The first-order valence-corrected chi connectivity index (χ1v) is 5.82. The van der Waals surface area contributed by atoms with Gasteiger partial charge in [-0.3, -0.25) is 0 Å². The Labute approximate surface area is 104 Å². The Hall–Kier alpha value is -1.80. The third-order valence-electron chi connectivity index (χ3n) is 2.74. The molecule has 17 heavy (non-hydrogen) atoms. The van der Waals surface area contributed by atoms with Crippen molar-refractivity contribution in [2.45, 2.75) is 6.92 Å². The molecule has 0 unspecified atom stereocenters. The number of hydrogen-bond donors (Lipinski definition) is 1. The minimum atomic E-state index is 0.721. The van der Waals surface area contributed by atoms with Gasteiger partial charge in [0.05, 0.1) is 11.0 Å². The highest BCUT2D eigenvalue weighted by Crippen LogP contribution is 2.23. The van der Waals surface area contributed by atoms with Gasteiger partial charge in [-0.2, -0.15) is 0 Å². The highest BCUT2D eigenvalue weighted by Gasteiger charge is 2.05. The summed E-state index contributed by atoms with van der Waals surface area (Å²) in [5.41, 5.74) is 4.26. The number of nitrogens with zero attached hydrogens (tertiary/aromatic N) is 1. The number of hydrogen-bond acceptors (Lipinski definition) is 1. The summed E-state index contributed by atoms with van der Waals surface area (Å²) < 4.78 is 0. The molecule has 1 N–H and O–H groups in total. The molecule has 0 aliphatic carbocycles. The molecule has 0 aliphatic heterocycles. The number of fused-ring (bicyclic) bond motifs is 1. The molecular formula is C14H11ClN2. The smallest absolute Gasteiger partial charge is 0.138 e. The third kappa shape index (κ3) is 1.92. The molecule has 1 aromatic heterocycles. The van der Waals surface area contributed by atoms with E-state index in [4.69, 9.17) is 11.6 Å². The van der Waals surface area contributed by atoms with Crippen LogP contribution in [0.5, 0.6) is 0 Å². The van der Waals surface area contributed by atoms with Crippen molar-refractivity contribution in [2.24, 2.45) is 0 Å². The van der Waals surface area contributed by atoms with Crippen LogP contribution in [0, 0.1) is 6.92 Å². The first kappa shape index (κ1) is 10.4. The van der Waals surface area contributed by atoms with Gasteiger partial charge in [-0.05, 0) is 36.8 Å². The van der Waals surface area contributed by atoms with Crippen LogP contribution in [0.1, 0.15) is 5.56 Å². The van der Waals surface area contributed by atoms with Gasteiger partial charge >= 0.3 is 0 Å². The number of nitrogens with one attached hydrogen (secondary N) is 1. The Morgan fingerprint density at radius 1 is 1.12 bits per heavy atom. The maximum Gasteiger partial charge on any atom is 0.138 e. The van der Waals surface area contributed by atoms with E-state index in [1.165, 1.54) is 5.56 Å². The molecule has 0 amide bonds. The lowest BCUT2D eigenvalue weighted by Crippen LogP contribution is -1.79. The molecule has 0 spiro atoms. The Morgan fingerprint density at radius 3 is 2.82 bits per heavy atom. The van der Waals surface area contributed by atoms with Crippen molar-refractivity contribution in [3.05, 3.63) is 53.1 Å². The van der Waals surface area contributed by atoms with Crippen molar-refractivity contribution < 1.29 is 0 Å². The highest BCUT2D eigenvalue weighted by molar-refractivity contribution is 6.30. The zero-order valence-electron chi connectivity index (χ0n) is 9.37. The maximum atomic E-state index is 5.98. The molecule has 3 rings (SSSR count). The zero-order valence-corrected chi connectivity index (χ0v) is 10.1. The molecule has 0 aliphatic rings. The average Bonchev–Trinajstić information content (AvgIpc) is 2.72. The van der Waals surface area contributed by atoms with Crippen molar-refractivity contribution in [3.63, 3.8) is 0 Å². The number of H-pyrrole nitrogens is 1. The quantitative estimate of drug-likeness (QED) is 0.681. The molecule has 2 aromatic carbocycles. The van der Waals surface area contributed by atoms with Gasteiger partial charge in [0.2, 0.25) is 0 Å². The van der Waals surface area contributed by atoms with Crippen molar-refractivity contribution in [1.29, 1.82) is 0 Å². The molecule has 0 saturated heterocycles. The predicted molar refractivity (Wildman–Crippen MR) is 71.3 cm³/mol. The number of aromatic nitrogens is 2. The van der Waals surface area contributed by atoms with E-state index in [2.05, 4.69) is 29.0 Å². The van der Waals surface area contributed by atoms with Gasteiger partial charge in [-0.15, -0.1) is 0 Å². The monoisotopic (exact) mass is 242 g/mol. The fourth-order valence-electron chi connectivity index (χ4n) is 1.90. The SMILES string of the molecule is Cc1ccc2nc(-c3cccc(Cl)c3)[nH]c2c1. The lowest BCUT2D eigenvalue weighted by atomic mass is 10.2. The second-order valence-corrected chi connectivity index (χ2v) is 4.55. The number of halogens is 1. The van der Waals surface area contributed by atoms with Gasteiger partial charge in [-0.25, -0.2) is 4.98 Å². The van der Waals surface area contributed by atoms with Crippen molar-refractivity contribution >= 4 is 22.6 Å². The van der Waals surface area contributed by atoms with Crippen LogP contribution >= 0.6 is 11.6 Å². The van der Waals surface area contributed by atoms with Crippen LogP contribution in [0.15, 0.2) is 42.5 Å². The van der Waals surface area contributed by atoms with Crippen LogP contribution in [0.3, 0.4) is 0 Å². The Balaban J connectivity index is 2.18. The van der Waals surface area contributed by atoms with Crippen molar-refractivity contribution in [3.8, 4) is 11.4 Å². The molecule has 3 aromatic rings. The van der Waals surface area contributed by atoms with Crippen LogP contribution in [0.4, 0.5) is 0 Å². The largest absolute Gasteiger partial charge is 0.338 e. The fourth-order valence-corrected chi connectivity index (χ4v) is 2.09. The van der Waals surface area contributed by atoms with E-state index >= 15 is 0 Å². The van der Waals surface area contributed by atoms with Gasteiger partial charge in [0.25, 0.3) is 0 Å². The lowest BCUT2D eigenvalue weighted by molar-refractivity contribution is 1.34. The van der Waals surface area contributed by atoms with Crippen LogP contribution in [-0.4, -0.2) is 9.97 Å². The first-order chi connectivity index (χ1) is 8.22. The Kier molecular flexibility index (Phi) is 2.37. The second kappa shape index (κ2) is 3.90. The van der Waals surface area contributed by atoms with E-state index in [0.29, 0.717) is 0 Å². The van der Waals surface area contributed by atoms with Crippen LogP contribution in [0.2, 0.25) is 5.02 Å². The van der Waals surface area contributed by atoms with Gasteiger partial charge in [-0.1, -0.05) is 29.8 Å². The summed E-state index contributed by atoms with van der Waals surface area (Å²) in [4.78, 5) is 7.86. The molecule has 3 heteroatoms. The minimum Gasteiger partial charge on any atom is -0.338 e. The lowest BCUT2D eigenvalue weighted by Gasteiger charge is -1.96. The van der Waals surface area contributed by atoms with Crippen molar-refractivity contribution in [1.82, 2.24) is 9.97 Å². The summed E-state index contributed by atoms with van der Waals surface area (Å²) in [6.07, 6.45) is 0. The maximum absolute atomic E-state index is 5.98. The van der Waals surface area contributed by atoms with Crippen LogP contribution in [-0.2, 0) is 0 Å². The number of aromatic amines is 1. The summed E-state index contributed by atoms with van der Waals surface area (Å²) in [6, 6.07) is 13.9. The molecule has 2 nitrogen and oxygen atoms in total. The summed E-state index contributed by atoms with van der Waals surface area (Å²) in [6.45, 7) is 2.07. The average molecular weight is 243 g/mol. The molecular weight excluding hydrogens is 232 g/mol. The van der Waals surface area contributed by atoms with E-state index < -0.39 is 0 Å². The number of imidazole rings is 1. The fraction of sp³-hybridized carbons (Fsp3) is 0.0714. The second-order valence-electron chi connectivity index (χ2n) is 4.12. The van der Waals surface area contributed by atoms with Crippen molar-refractivity contribution in [2.75, 3.05) is 0 Å². The van der Waals surface area contributed by atoms with E-state index in [1.807, 2.05) is 30.3 Å². The Morgan fingerprint density at radius 2 is 2.00 bits per heavy atom. The van der Waals surface area contributed by atoms with E-state index in [1.54, 1.807) is 0 Å². The summed E-state index contributed by atoms with van der Waals surface area (Å²) in [5, 5.41) is 0.721. The molecule has 0 saturated carbocycles. The summed E-state index contributed by atoms with van der Waals surface area (Å²) in [5.74, 6) is 0.855. The van der Waals surface area contributed by atoms with Gasteiger partial charge in [0, 0.05) is 10.6 Å². The van der Waals surface area contributed by atoms with E-state index in [9.17, 15) is 0 Å². The molecule has 0 atom stereocenters. The summed E-state index contributed by atoms with van der Waals surface area (Å²) in [7, 11) is 0. The van der Waals surface area contributed by atoms with Gasteiger partial charge < -0.3 is 4.98 Å². The van der Waals surface area contributed by atoms with E-state index in [-0.39, 0.29) is 0 Å². The van der Waals surface area contributed by atoms with Gasteiger partial charge in [0.15, 0.2) is 0 Å². The van der Waals surface area contributed by atoms with Gasteiger partial charge in [0.1, 0.15) is 5.82 Å². The topological polar surface area (TPSA) is 28.7 Å². The molecule has 1 heterocycles. The normalized spacial score (nSPS) is 10.9. The summed E-state index contributed by atoms with van der Waals surface area (Å²) >= 11 is 5.98. The zero-order chi connectivity index (χ0) is 11.8. The van der Waals surface area contributed by atoms with Crippen LogP contribution < -0.4 is 0 Å². The highest BCUT2D eigenvalue weighted by atomic mass is 35.5. The Bertz CT molecular complexity index is 686. The van der Waals surface area contributed by atoms with Crippen LogP contribution in [0.25, 0.3) is 22.4 Å². The number of rotatable bonds is 1. The number of aryl methyl sites for hydroxylation is 1.